The average molecular weight is 491 g/mol. The number of nitrogens with zero attached hydrogens (tertiary/aromatic N) is 4. The van der Waals surface area contributed by atoms with Gasteiger partial charge in [0, 0.05) is 37.8 Å². The highest BCUT2D eigenvalue weighted by molar-refractivity contribution is 6.33. The van der Waals surface area contributed by atoms with Crippen LogP contribution in [-0.4, -0.2) is 75.8 Å². The number of pyridine rings is 1. The van der Waals surface area contributed by atoms with Gasteiger partial charge in [0.25, 0.3) is 0 Å². The summed E-state index contributed by atoms with van der Waals surface area (Å²) >= 11 is 6.54. The number of amides is 1. The molecule has 8 heteroatoms. The molecule has 2 aliphatic heterocycles. The second kappa shape index (κ2) is 10.0. The largest absolute Gasteiger partial charge is 0.444 e. The van der Waals surface area contributed by atoms with Crippen molar-refractivity contribution in [3.63, 3.8) is 0 Å². The van der Waals surface area contributed by atoms with Crippen molar-refractivity contribution >= 4 is 23.2 Å². The molecule has 2 aromatic heterocycles. The minimum absolute atomic E-state index is 0.0624. The second-order valence-electron chi connectivity index (χ2n) is 11.1. The number of fused-ring (bicyclic) bond motifs is 1. The minimum Gasteiger partial charge on any atom is -0.444 e. The molecule has 0 N–H and O–H groups in total. The zero-order valence-electron chi connectivity index (χ0n) is 21.4. The maximum absolute atomic E-state index is 12.7. The van der Waals surface area contributed by atoms with Crippen LogP contribution in [0.4, 0.5) is 4.79 Å². The van der Waals surface area contributed by atoms with E-state index in [1.54, 1.807) is 0 Å². The summed E-state index contributed by atoms with van der Waals surface area (Å²) in [6, 6.07) is 2.63. The molecule has 4 heterocycles. The molecule has 0 aliphatic carbocycles. The number of ether oxygens (including phenoxy) is 2. The van der Waals surface area contributed by atoms with Gasteiger partial charge in [0.15, 0.2) is 0 Å². The minimum atomic E-state index is -0.492. The van der Waals surface area contributed by atoms with Crippen molar-refractivity contribution in [2.75, 3.05) is 32.8 Å². The van der Waals surface area contributed by atoms with E-state index < -0.39 is 5.60 Å². The maximum Gasteiger partial charge on any atom is 0.410 e. The van der Waals surface area contributed by atoms with Crippen LogP contribution < -0.4 is 0 Å². The Morgan fingerprint density at radius 2 is 2.06 bits per heavy atom. The molecule has 4 rings (SSSR count). The molecule has 0 unspecified atom stereocenters. The molecule has 188 valence electrons. The van der Waals surface area contributed by atoms with Crippen LogP contribution in [-0.2, 0) is 9.47 Å². The molecule has 2 fully saturated rings. The molecule has 1 amide bonds. The second-order valence-corrected chi connectivity index (χ2v) is 11.5. The lowest BCUT2D eigenvalue weighted by Gasteiger charge is -2.47. The van der Waals surface area contributed by atoms with Gasteiger partial charge in [0.2, 0.25) is 0 Å². The highest BCUT2D eigenvalue weighted by Gasteiger charge is 2.37. The highest BCUT2D eigenvalue weighted by atomic mass is 35.5. The van der Waals surface area contributed by atoms with E-state index in [9.17, 15) is 4.79 Å². The van der Waals surface area contributed by atoms with E-state index in [2.05, 4.69) is 40.4 Å². The van der Waals surface area contributed by atoms with Crippen molar-refractivity contribution < 1.29 is 14.3 Å². The number of hydrogen-bond acceptors (Lipinski definition) is 5. The number of carbonyl (C=O) groups excluding carboxylic acids is 1. The number of rotatable bonds is 6. The molecular weight excluding hydrogens is 452 g/mol. The first-order valence-corrected chi connectivity index (χ1v) is 12.9. The van der Waals surface area contributed by atoms with Crippen molar-refractivity contribution in [1.29, 1.82) is 0 Å². The van der Waals surface area contributed by atoms with Gasteiger partial charge in [0.05, 0.1) is 36.0 Å². The Morgan fingerprint density at radius 3 is 2.74 bits per heavy atom. The molecule has 2 aromatic rings. The summed E-state index contributed by atoms with van der Waals surface area (Å²) < 4.78 is 13.5. The average Bonchev–Trinajstić information content (AvgIpc) is 3.09. The van der Waals surface area contributed by atoms with E-state index in [-0.39, 0.29) is 12.1 Å². The summed E-state index contributed by atoms with van der Waals surface area (Å²) in [4.78, 5) is 21.6. The van der Waals surface area contributed by atoms with Crippen LogP contribution in [0.3, 0.4) is 0 Å². The van der Waals surface area contributed by atoms with Crippen molar-refractivity contribution in [2.45, 2.75) is 78.0 Å². The summed E-state index contributed by atoms with van der Waals surface area (Å²) in [6.45, 7) is 16.1. The number of likely N-dealkylation sites (tertiary alicyclic amines) is 1. The van der Waals surface area contributed by atoms with Crippen LogP contribution in [0, 0.1) is 12.8 Å². The van der Waals surface area contributed by atoms with Crippen molar-refractivity contribution in [2.24, 2.45) is 5.92 Å². The van der Waals surface area contributed by atoms with Crippen LogP contribution in [0.25, 0.3) is 5.52 Å². The van der Waals surface area contributed by atoms with E-state index in [1.807, 2.05) is 38.8 Å². The number of morpholine rings is 1. The first kappa shape index (κ1) is 25.3. The molecule has 2 saturated heterocycles. The topological polar surface area (TPSA) is 59.3 Å². The Hall–Kier alpha value is -1.83. The fourth-order valence-corrected chi connectivity index (χ4v) is 5.44. The zero-order chi connectivity index (χ0) is 24.6. The first-order chi connectivity index (χ1) is 16.0. The van der Waals surface area contributed by atoms with E-state index in [1.165, 1.54) is 5.56 Å². The third-order valence-electron chi connectivity index (χ3n) is 7.07. The van der Waals surface area contributed by atoms with E-state index >= 15 is 0 Å². The summed E-state index contributed by atoms with van der Waals surface area (Å²) in [7, 11) is 0. The van der Waals surface area contributed by atoms with Gasteiger partial charge in [-0.25, -0.2) is 9.78 Å². The molecule has 0 aromatic carbocycles. The Kier molecular flexibility index (Phi) is 7.46. The molecule has 7 nitrogen and oxygen atoms in total. The Labute approximate surface area is 208 Å². The summed E-state index contributed by atoms with van der Waals surface area (Å²) in [5.74, 6) is 1.96. The molecule has 0 saturated carbocycles. The summed E-state index contributed by atoms with van der Waals surface area (Å²) in [6.07, 6.45) is 5.73. The predicted octanol–water partition coefficient (Wildman–Crippen LogP) is 5.14. The van der Waals surface area contributed by atoms with Crippen LogP contribution in [0.1, 0.15) is 64.8 Å². The predicted molar refractivity (Wildman–Crippen MR) is 135 cm³/mol. The van der Waals surface area contributed by atoms with Gasteiger partial charge in [0.1, 0.15) is 11.4 Å². The number of imidazole rings is 1. The van der Waals surface area contributed by atoms with Crippen LogP contribution >= 0.6 is 11.6 Å². The van der Waals surface area contributed by atoms with Crippen LogP contribution in [0.15, 0.2) is 18.5 Å². The van der Waals surface area contributed by atoms with Crippen LogP contribution in [0.2, 0.25) is 5.02 Å². The normalized spacial score (nSPS) is 21.2. The number of halogens is 1. The van der Waals surface area contributed by atoms with Crippen molar-refractivity contribution in [3.8, 4) is 0 Å². The third-order valence-corrected chi connectivity index (χ3v) is 7.37. The molecule has 2 aliphatic rings. The SMILES string of the molecule is Cc1ncc2c(Cl)cc(C3CN([C@H](CC[C@@H]4COCCN4C(=O)OC(C)(C)C)C(C)C)C3)cn12. The maximum atomic E-state index is 12.7. The fraction of sp³-hybridized carbons (Fsp3) is 0.692. The van der Waals surface area contributed by atoms with Gasteiger partial charge >= 0.3 is 6.09 Å². The van der Waals surface area contributed by atoms with E-state index in [4.69, 9.17) is 21.1 Å². The molecule has 0 bridgehead atoms. The first-order valence-electron chi connectivity index (χ1n) is 12.5. The summed E-state index contributed by atoms with van der Waals surface area (Å²) in [5, 5.41) is 0.761. The number of aryl methyl sites for hydroxylation is 1. The van der Waals surface area contributed by atoms with Gasteiger partial charge in [-0.05, 0) is 58.1 Å². The van der Waals surface area contributed by atoms with Crippen LogP contribution in [0.5, 0.6) is 0 Å². The van der Waals surface area contributed by atoms with Gasteiger partial charge in [-0.1, -0.05) is 25.4 Å². The third kappa shape index (κ3) is 5.52. The molecule has 0 spiro atoms. The molecule has 0 radical (unpaired) electrons. The van der Waals surface area contributed by atoms with Gasteiger partial charge < -0.3 is 18.8 Å². The zero-order valence-corrected chi connectivity index (χ0v) is 22.1. The van der Waals surface area contributed by atoms with Crippen molar-refractivity contribution in [3.05, 3.63) is 34.9 Å². The lowest BCUT2D eigenvalue weighted by Crippen LogP contribution is -2.54. The highest BCUT2D eigenvalue weighted by Crippen LogP contribution is 2.35. The fourth-order valence-electron chi connectivity index (χ4n) is 5.17. The van der Waals surface area contributed by atoms with E-state index in [0.29, 0.717) is 37.6 Å². The van der Waals surface area contributed by atoms with Gasteiger partial charge in [-0.2, -0.15) is 0 Å². The Balaban J connectivity index is 1.37. The van der Waals surface area contributed by atoms with E-state index in [0.717, 1.165) is 42.3 Å². The quantitative estimate of drug-likeness (QED) is 0.561. The number of aromatic nitrogens is 2. The smallest absolute Gasteiger partial charge is 0.410 e. The molecule has 34 heavy (non-hydrogen) atoms. The monoisotopic (exact) mass is 490 g/mol. The summed E-state index contributed by atoms with van der Waals surface area (Å²) in [5.41, 5.74) is 1.74. The van der Waals surface area contributed by atoms with Gasteiger partial charge in [-0.15, -0.1) is 0 Å². The standard InChI is InChI=1S/C26H39ClN4O3/c1-17(2)23(8-7-21-16-33-10-9-30(21)25(32)34-26(4,5)6)29-13-20(14-29)19-11-22(27)24-12-28-18(3)31(24)15-19/h11-12,15,17,20-21,23H,7-10,13-14,16H2,1-6H3/t21-,23-/m1/s1. The number of carbonyl (C=O) groups is 1. The lowest BCUT2D eigenvalue weighted by atomic mass is 9.86. The molecule has 2 atom stereocenters. The Bertz CT molecular complexity index is 1010. The lowest BCUT2D eigenvalue weighted by molar-refractivity contribution is -0.0377. The molecular formula is C26H39ClN4O3. The van der Waals surface area contributed by atoms with Gasteiger partial charge in [-0.3, -0.25) is 4.90 Å². The Morgan fingerprint density at radius 1 is 1.32 bits per heavy atom. The number of hydrogen-bond donors (Lipinski definition) is 0. The van der Waals surface area contributed by atoms with Crippen molar-refractivity contribution in [1.82, 2.24) is 19.2 Å².